The van der Waals surface area contributed by atoms with Crippen molar-refractivity contribution in [2.24, 2.45) is 35.3 Å². The molecule has 108 valence electrons. The molecule has 1 aromatic heterocycles. The van der Waals surface area contributed by atoms with E-state index in [1.165, 1.54) is 32.1 Å². The number of nitrogens with one attached hydrogen (secondary N) is 1. The average molecular weight is 271 g/mol. The highest BCUT2D eigenvalue weighted by atomic mass is 15.0. The first kappa shape index (κ1) is 12.6. The normalized spacial score (nSPS) is 38.1. The van der Waals surface area contributed by atoms with Crippen LogP contribution in [0.5, 0.6) is 0 Å². The molecule has 5 rings (SSSR count). The van der Waals surface area contributed by atoms with Crippen LogP contribution < -0.4 is 11.1 Å². The van der Waals surface area contributed by atoms with E-state index in [0.29, 0.717) is 6.54 Å². The molecule has 0 amide bonds. The molecule has 1 aromatic rings. The van der Waals surface area contributed by atoms with Gasteiger partial charge >= 0.3 is 0 Å². The maximum Gasteiger partial charge on any atom is 0.130 e. The molecule has 3 heteroatoms. The SMILES string of the molecule is NCc1cccnc1NCC1C2CC3CC(C2)CC1C3. The predicted molar refractivity (Wildman–Crippen MR) is 81.2 cm³/mol. The lowest BCUT2D eigenvalue weighted by Crippen LogP contribution is -2.47. The number of nitrogens with zero attached hydrogens (tertiary/aromatic N) is 1. The molecule has 20 heavy (non-hydrogen) atoms. The van der Waals surface area contributed by atoms with Crippen molar-refractivity contribution in [2.75, 3.05) is 11.9 Å². The molecule has 4 aliphatic carbocycles. The summed E-state index contributed by atoms with van der Waals surface area (Å²) in [7, 11) is 0. The van der Waals surface area contributed by atoms with Crippen molar-refractivity contribution >= 4 is 5.82 Å². The van der Waals surface area contributed by atoms with Gasteiger partial charge in [0.05, 0.1) is 0 Å². The monoisotopic (exact) mass is 271 g/mol. The summed E-state index contributed by atoms with van der Waals surface area (Å²) in [6.45, 7) is 1.66. The lowest BCUT2D eigenvalue weighted by Gasteiger charge is -2.54. The summed E-state index contributed by atoms with van der Waals surface area (Å²) in [5.74, 6) is 5.94. The van der Waals surface area contributed by atoms with Crippen LogP contribution in [0.4, 0.5) is 5.82 Å². The van der Waals surface area contributed by atoms with Crippen LogP contribution in [0.15, 0.2) is 18.3 Å². The van der Waals surface area contributed by atoms with Crippen molar-refractivity contribution in [1.82, 2.24) is 4.98 Å². The number of anilines is 1. The molecule has 0 saturated heterocycles. The summed E-state index contributed by atoms with van der Waals surface area (Å²) in [4.78, 5) is 4.46. The van der Waals surface area contributed by atoms with Gasteiger partial charge < -0.3 is 11.1 Å². The highest BCUT2D eigenvalue weighted by Gasteiger charge is 2.47. The topological polar surface area (TPSA) is 50.9 Å². The van der Waals surface area contributed by atoms with Crippen LogP contribution in [0.3, 0.4) is 0 Å². The van der Waals surface area contributed by atoms with Gasteiger partial charge in [-0.2, -0.15) is 0 Å². The van der Waals surface area contributed by atoms with Gasteiger partial charge in [-0.05, 0) is 67.8 Å². The molecule has 4 bridgehead atoms. The second kappa shape index (κ2) is 5.03. The zero-order valence-electron chi connectivity index (χ0n) is 12.1. The summed E-state index contributed by atoms with van der Waals surface area (Å²) in [6, 6.07) is 4.04. The maximum atomic E-state index is 5.80. The van der Waals surface area contributed by atoms with Crippen molar-refractivity contribution < 1.29 is 0 Å². The van der Waals surface area contributed by atoms with E-state index in [9.17, 15) is 0 Å². The fraction of sp³-hybridized carbons (Fsp3) is 0.706. The van der Waals surface area contributed by atoms with Gasteiger partial charge in [0.15, 0.2) is 0 Å². The van der Waals surface area contributed by atoms with E-state index in [0.717, 1.165) is 47.5 Å². The molecule has 1 heterocycles. The van der Waals surface area contributed by atoms with Gasteiger partial charge in [-0.3, -0.25) is 0 Å². The lowest BCUT2D eigenvalue weighted by atomic mass is 9.52. The Morgan fingerprint density at radius 3 is 2.45 bits per heavy atom. The minimum absolute atomic E-state index is 0.567. The molecule has 4 saturated carbocycles. The summed E-state index contributed by atoms with van der Waals surface area (Å²) >= 11 is 0. The molecule has 0 radical (unpaired) electrons. The molecule has 0 aliphatic heterocycles. The van der Waals surface area contributed by atoms with E-state index in [4.69, 9.17) is 5.73 Å². The van der Waals surface area contributed by atoms with E-state index in [1.54, 1.807) is 0 Å². The van der Waals surface area contributed by atoms with E-state index < -0.39 is 0 Å². The number of nitrogens with two attached hydrogens (primary N) is 1. The van der Waals surface area contributed by atoms with Crippen molar-refractivity contribution in [3.8, 4) is 0 Å². The number of rotatable bonds is 4. The highest BCUT2D eigenvalue weighted by Crippen LogP contribution is 2.56. The fourth-order valence-corrected chi connectivity index (χ4v) is 5.35. The molecule has 0 atom stereocenters. The van der Waals surface area contributed by atoms with Crippen LogP contribution in [0.25, 0.3) is 0 Å². The molecule has 3 N–H and O–H groups in total. The first-order chi connectivity index (χ1) is 9.83. The molecule has 0 spiro atoms. The smallest absolute Gasteiger partial charge is 0.130 e. The standard InChI is InChI=1S/C17H25N3/c18-9-13-2-1-3-19-17(13)20-10-16-14-5-11-4-12(7-14)8-15(16)6-11/h1-3,11-12,14-16H,4-10,18H2,(H,19,20). The van der Waals surface area contributed by atoms with Gasteiger partial charge in [0, 0.05) is 24.8 Å². The van der Waals surface area contributed by atoms with Crippen molar-refractivity contribution in [1.29, 1.82) is 0 Å². The Morgan fingerprint density at radius 1 is 1.10 bits per heavy atom. The number of hydrogen-bond donors (Lipinski definition) is 2. The fourth-order valence-electron chi connectivity index (χ4n) is 5.35. The largest absolute Gasteiger partial charge is 0.370 e. The molecular formula is C17H25N3. The molecule has 4 aliphatic rings. The predicted octanol–water partition coefficient (Wildman–Crippen LogP) is 3.02. The van der Waals surface area contributed by atoms with Gasteiger partial charge in [-0.1, -0.05) is 6.07 Å². The quantitative estimate of drug-likeness (QED) is 0.885. The van der Waals surface area contributed by atoms with E-state index >= 15 is 0 Å². The minimum atomic E-state index is 0.567. The van der Waals surface area contributed by atoms with Crippen LogP contribution in [-0.2, 0) is 6.54 Å². The Morgan fingerprint density at radius 2 is 1.80 bits per heavy atom. The van der Waals surface area contributed by atoms with Gasteiger partial charge in [0.1, 0.15) is 5.82 Å². The van der Waals surface area contributed by atoms with Crippen molar-refractivity contribution in [2.45, 2.75) is 38.6 Å². The van der Waals surface area contributed by atoms with Crippen molar-refractivity contribution in [3.05, 3.63) is 23.9 Å². The lowest BCUT2D eigenvalue weighted by molar-refractivity contribution is -0.0305. The first-order valence-electron chi connectivity index (χ1n) is 8.21. The molecule has 0 aromatic carbocycles. The zero-order valence-corrected chi connectivity index (χ0v) is 12.1. The third-order valence-electron chi connectivity index (χ3n) is 6.04. The Bertz CT molecular complexity index is 457. The zero-order chi connectivity index (χ0) is 13.5. The summed E-state index contributed by atoms with van der Waals surface area (Å²) in [6.07, 6.45) is 9.36. The summed E-state index contributed by atoms with van der Waals surface area (Å²) < 4.78 is 0. The van der Waals surface area contributed by atoms with E-state index in [2.05, 4.69) is 16.4 Å². The maximum absolute atomic E-state index is 5.80. The Kier molecular flexibility index (Phi) is 3.18. The molecule has 3 nitrogen and oxygen atoms in total. The number of hydrogen-bond acceptors (Lipinski definition) is 3. The Hall–Kier alpha value is -1.09. The van der Waals surface area contributed by atoms with Crippen LogP contribution in [0.2, 0.25) is 0 Å². The van der Waals surface area contributed by atoms with Gasteiger partial charge in [-0.15, -0.1) is 0 Å². The summed E-state index contributed by atoms with van der Waals surface area (Å²) in [5.41, 5.74) is 6.93. The second-order valence-corrected chi connectivity index (χ2v) is 7.19. The van der Waals surface area contributed by atoms with Crippen LogP contribution in [-0.4, -0.2) is 11.5 Å². The van der Waals surface area contributed by atoms with Gasteiger partial charge in [-0.25, -0.2) is 4.98 Å². The van der Waals surface area contributed by atoms with Crippen LogP contribution in [0, 0.1) is 29.6 Å². The minimum Gasteiger partial charge on any atom is -0.370 e. The highest BCUT2D eigenvalue weighted by molar-refractivity contribution is 5.43. The molecule has 4 fully saturated rings. The number of pyridine rings is 1. The van der Waals surface area contributed by atoms with Crippen molar-refractivity contribution in [3.63, 3.8) is 0 Å². The second-order valence-electron chi connectivity index (χ2n) is 7.19. The van der Waals surface area contributed by atoms with Crippen LogP contribution >= 0.6 is 0 Å². The third-order valence-corrected chi connectivity index (χ3v) is 6.04. The van der Waals surface area contributed by atoms with Crippen LogP contribution in [0.1, 0.15) is 37.7 Å². The Labute approximate surface area is 121 Å². The Balaban J connectivity index is 1.45. The first-order valence-corrected chi connectivity index (χ1v) is 8.21. The molecule has 0 unspecified atom stereocenters. The number of aromatic nitrogens is 1. The summed E-state index contributed by atoms with van der Waals surface area (Å²) in [5, 5.41) is 3.60. The van der Waals surface area contributed by atoms with Gasteiger partial charge in [0.2, 0.25) is 0 Å². The van der Waals surface area contributed by atoms with Gasteiger partial charge in [0.25, 0.3) is 0 Å². The third kappa shape index (κ3) is 2.12. The average Bonchev–Trinajstić information content (AvgIpc) is 2.46. The van der Waals surface area contributed by atoms with E-state index in [-0.39, 0.29) is 0 Å². The molecular weight excluding hydrogens is 246 g/mol. The van der Waals surface area contributed by atoms with E-state index in [1.807, 2.05) is 12.3 Å².